The summed E-state index contributed by atoms with van der Waals surface area (Å²) in [6, 6.07) is 7.15. The first kappa shape index (κ1) is 14.2. The molecular weight excluding hydrogens is 232 g/mol. The topological polar surface area (TPSA) is 34.1 Å². The van der Waals surface area contributed by atoms with Crippen LogP contribution in [0.25, 0.3) is 0 Å². The monoisotopic (exact) mass is 254 g/mol. The van der Waals surface area contributed by atoms with Gasteiger partial charge in [-0.2, -0.15) is 0 Å². The van der Waals surface area contributed by atoms with E-state index in [1.807, 2.05) is 39.8 Å². The molecule has 1 aromatic carbocycles. The third kappa shape index (κ3) is 3.32. The summed E-state index contributed by atoms with van der Waals surface area (Å²) < 4.78 is 25.0. The Hall–Kier alpha value is -0.830. The van der Waals surface area contributed by atoms with E-state index in [0.29, 0.717) is 4.90 Å². The highest BCUT2D eigenvalue weighted by atomic mass is 32.2. The van der Waals surface area contributed by atoms with E-state index in [4.69, 9.17) is 0 Å². The molecule has 1 rings (SSSR count). The summed E-state index contributed by atoms with van der Waals surface area (Å²) >= 11 is 0. The van der Waals surface area contributed by atoms with E-state index in [-0.39, 0.29) is 11.2 Å². The number of aryl methyl sites for hydroxylation is 1. The van der Waals surface area contributed by atoms with Crippen LogP contribution < -0.4 is 0 Å². The van der Waals surface area contributed by atoms with E-state index in [1.165, 1.54) is 0 Å². The Bertz CT molecular complexity index is 444. The minimum absolute atomic E-state index is 0.154. The van der Waals surface area contributed by atoms with Gasteiger partial charge in [-0.05, 0) is 31.4 Å². The Morgan fingerprint density at radius 3 is 2.06 bits per heavy atom. The third-order valence-electron chi connectivity index (χ3n) is 3.06. The zero-order valence-electron chi connectivity index (χ0n) is 11.1. The molecule has 0 aliphatic carbocycles. The van der Waals surface area contributed by atoms with Gasteiger partial charge in [0, 0.05) is 0 Å². The Balaban J connectivity index is 3.12. The lowest BCUT2D eigenvalue weighted by atomic mass is 10.1. The van der Waals surface area contributed by atoms with Gasteiger partial charge in [0.15, 0.2) is 9.84 Å². The smallest absolute Gasteiger partial charge is 0.181 e. The predicted molar refractivity (Wildman–Crippen MR) is 71.9 cm³/mol. The van der Waals surface area contributed by atoms with Crippen molar-refractivity contribution in [2.45, 2.75) is 50.7 Å². The van der Waals surface area contributed by atoms with Gasteiger partial charge in [-0.3, -0.25) is 0 Å². The van der Waals surface area contributed by atoms with Crippen LogP contribution in [0.4, 0.5) is 0 Å². The minimum Gasteiger partial charge on any atom is -0.223 e. The summed E-state index contributed by atoms with van der Waals surface area (Å²) in [6.07, 6.45) is 1.63. The number of hydrogen-bond acceptors (Lipinski definition) is 2. The maximum Gasteiger partial charge on any atom is 0.181 e. The van der Waals surface area contributed by atoms with E-state index in [2.05, 4.69) is 0 Å². The second-order valence-corrected chi connectivity index (χ2v) is 7.10. The summed E-state index contributed by atoms with van der Waals surface area (Å²) in [7, 11) is -3.18. The number of benzene rings is 1. The summed E-state index contributed by atoms with van der Waals surface area (Å²) in [4.78, 5) is 0.454. The van der Waals surface area contributed by atoms with Gasteiger partial charge in [0.25, 0.3) is 0 Å². The van der Waals surface area contributed by atoms with Crippen molar-refractivity contribution >= 4 is 9.84 Å². The van der Waals surface area contributed by atoms with Crippen molar-refractivity contribution in [2.24, 2.45) is 5.92 Å². The first-order valence-corrected chi connectivity index (χ1v) is 7.74. The normalized spacial score (nSPS) is 13.9. The van der Waals surface area contributed by atoms with Crippen molar-refractivity contribution in [2.75, 3.05) is 0 Å². The van der Waals surface area contributed by atoms with Crippen molar-refractivity contribution in [1.82, 2.24) is 0 Å². The second-order valence-electron chi connectivity index (χ2n) is 4.93. The molecule has 17 heavy (non-hydrogen) atoms. The van der Waals surface area contributed by atoms with Gasteiger partial charge in [0.05, 0.1) is 10.1 Å². The molecule has 0 heterocycles. The Kier molecular flexibility index (Phi) is 4.75. The maximum atomic E-state index is 12.5. The van der Waals surface area contributed by atoms with Crippen LogP contribution >= 0.6 is 0 Å². The molecule has 0 bridgehead atoms. The SMILES string of the molecule is CCCC(C(C)C)S(=O)(=O)c1ccc(C)cc1. The molecule has 0 aliphatic rings. The lowest BCUT2D eigenvalue weighted by molar-refractivity contribution is 0.508. The fourth-order valence-corrected chi connectivity index (χ4v) is 4.16. The highest BCUT2D eigenvalue weighted by molar-refractivity contribution is 7.92. The number of rotatable bonds is 5. The molecule has 0 saturated carbocycles. The molecule has 0 fully saturated rings. The van der Waals surface area contributed by atoms with Crippen molar-refractivity contribution in [3.63, 3.8) is 0 Å². The fraction of sp³-hybridized carbons (Fsp3) is 0.571. The summed E-state index contributed by atoms with van der Waals surface area (Å²) in [5.41, 5.74) is 1.08. The van der Waals surface area contributed by atoms with E-state index in [0.717, 1.165) is 18.4 Å². The molecule has 0 N–H and O–H groups in total. The Morgan fingerprint density at radius 1 is 1.12 bits per heavy atom. The highest BCUT2D eigenvalue weighted by Crippen LogP contribution is 2.25. The van der Waals surface area contributed by atoms with Crippen LogP contribution in [0.5, 0.6) is 0 Å². The average Bonchev–Trinajstić information content (AvgIpc) is 2.25. The summed E-state index contributed by atoms with van der Waals surface area (Å²) in [6.45, 7) is 7.94. The molecule has 0 amide bonds. The molecule has 1 unspecified atom stereocenters. The van der Waals surface area contributed by atoms with Crippen molar-refractivity contribution < 1.29 is 8.42 Å². The van der Waals surface area contributed by atoms with Gasteiger partial charge in [0.2, 0.25) is 0 Å². The molecule has 1 aromatic rings. The molecule has 0 aromatic heterocycles. The second kappa shape index (κ2) is 5.67. The van der Waals surface area contributed by atoms with Gasteiger partial charge < -0.3 is 0 Å². The molecule has 0 spiro atoms. The van der Waals surface area contributed by atoms with Gasteiger partial charge in [-0.25, -0.2) is 8.42 Å². The fourth-order valence-electron chi connectivity index (χ4n) is 2.03. The van der Waals surface area contributed by atoms with Crippen LogP contribution in [0, 0.1) is 12.8 Å². The van der Waals surface area contributed by atoms with Crippen LogP contribution in [-0.4, -0.2) is 13.7 Å². The zero-order chi connectivity index (χ0) is 13.1. The van der Waals surface area contributed by atoms with Crippen molar-refractivity contribution in [3.05, 3.63) is 29.8 Å². The molecule has 2 nitrogen and oxygen atoms in total. The Labute approximate surface area is 105 Å². The van der Waals surface area contributed by atoms with Crippen LogP contribution in [0.15, 0.2) is 29.2 Å². The molecule has 3 heteroatoms. The lowest BCUT2D eigenvalue weighted by Gasteiger charge is -2.20. The lowest BCUT2D eigenvalue weighted by Crippen LogP contribution is -2.26. The third-order valence-corrected chi connectivity index (χ3v) is 5.57. The van der Waals surface area contributed by atoms with Gasteiger partial charge in [-0.15, -0.1) is 0 Å². The predicted octanol–water partition coefficient (Wildman–Crippen LogP) is 3.59. The van der Waals surface area contributed by atoms with Crippen LogP contribution in [0.2, 0.25) is 0 Å². The minimum atomic E-state index is -3.18. The Morgan fingerprint density at radius 2 is 1.65 bits per heavy atom. The number of hydrogen-bond donors (Lipinski definition) is 0. The molecular formula is C14H22O2S. The first-order valence-electron chi connectivity index (χ1n) is 6.20. The maximum absolute atomic E-state index is 12.5. The largest absolute Gasteiger partial charge is 0.223 e. The van der Waals surface area contributed by atoms with Crippen LogP contribution in [0.3, 0.4) is 0 Å². The van der Waals surface area contributed by atoms with E-state index < -0.39 is 9.84 Å². The van der Waals surface area contributed by atoms with Crippen LogP contribution in [-0.2, 0) is 9.84 Å². The summed E-state index contributed by atoms with van der Waals surface area (Å²) in [5.74, 6) is 0.154. The summed E-state index contributed by atoms with van der Waals surface area (Å²) in [5, 5.41) is -0.268. The molecule has 0 radical (unpaired) electrons. The standard InChI is InChI=1S/C14H22O2S/c1-5-6-14(11(2)3)17(15,16)13-9-7-12(4)8-10-13/h7-11,14H,5-6H2,1-4H3. The van der Waals surface area contributed by atoms with Gasteiger partial charge in [-0.1, -0.05) is 44.9 Å². The number of sulfone groups is 1. The van der Waals surface area contributed by atoms with E-state index in [1.54, 1.807) is 12.1 Å². The zero-order valence-corrected chi connectivity index (χ0v) is 11.9. The van der Waals surface area contributed by atoms with Gasteiger partial charge in [0.1, 0.15) is 0 Å². The van der Waals surface area contributed by atoms with E-state index in [9.17, 15) is 8.42 Å². The van der Waals surface area contributed by atoms with Gasteiger partial charge >= 0.3 is 0 Å². The average molecular weight is 254 g/mol. The van der Waals surface area contributed by atoms with E-state index >= 15 is 0 Å². The molecule has 1 atom stereocenters. The molecule has 0 saturated heterocycles. The first-order chi connectivity index (χ1) is 7.89. The molecule has 96 valence electrons. The highest BCUT2D eigenvalue weighted by Gasteiger charge is 2.29. The van der Waals surface area contributed by atoms with Crippen molar-refractivity contribution in [3.8, 4) is 0 Å². The molecule has 0 aliphatic heterocycles. The quantitative estimate of drug-likeness (QED) is 0.804. The van der Waals surface area contributed by atoms with Crippen LogP contribution in [0.1, 0.15) is 39.2 Å². The van der Waals surface area contributed by atoms with Crippen molar-refractivity contribution in [1.29, 1.82) is 0 Å².